The van der Waals surface area contributed by atoms with Gasteiger partial charge in [-0.2, -0.15) is 5.10 Å². The van der Waals surface area contributed by atoms with Crippen LogP contribution in [-0.4, -0.2) is 22.3 Å². The maximum absolute atomic E-state index is 11.7. The average molecular weight is 328 g/mol. The van der Waals surface area contributed by atoms with Gasteiger partial charge in [-0.25, -0.2) is 0 Å². The zero-order valence-electron chi connectivity index (χ0n) is 11.5. The van der Waals surface area contributed by atoms with E-state index in [0.29, 0.717) is 41.1 Å². The number of carbonyl (C=O) groups is 1. The summed E-state index contributed by atoms with van der Waals surface area (Å²) < 4.78 is 7.13. The topological polar surface area (TPSA) is 56.2 Å². The summed E-state index contributed by atoms with van der Waals surface area (Å²) in [4.78, 5) is 11.7. The SMILES string of the molecule is Cn1ccc(NC(=O)CCCOc2ccc(Cl)cc2Cl)n1. The summed E-state index contributed by atoms with van der Waals surface area (Å²) in [5.74, 6) is 1.01. The molecule has 0 aliphatic carbocycles. The van der Waals surface area contributed by atoms with Crippen molar-refractivity contribution in [1.29, 1.82) is 0 Å². The first-order valence-electron chi connectivity index (χ1n) is 6.42. The van der Waals surface area contributed by atoms with Crippen molar-refractivity contribution in [2.24, 2.45) is 7.05 Å². The fourth-order valence-corrected chi connectivity index (χ4v) is 2.16. The first kappa shape index (κ1) is 15.7. The second kappa shape index (κ2) is 7.33. The molecular formula is C14H15Cl2N3O2. The van der Waals surface area contributed by atoms with Crippen molar-refractivity contribution < 1.29 is 9.53 Å². The number of nitrogens with zero attached hydrogens (tertiary/aromatic N) is 2. The molecule has 5 nitrogen and oxygen atoms in total. The predicted octanol–water partition coefficient (Wildman–Crippen LogP) is 3.52. The van der Waals surface area contributed by atoms with Gasteiger partial charge in [0.15, 0.2) is 5.82 Å². The summed E-state index contributed by atoms with van der Waals surface area (Å²) in [7, 11) is 1.79. The Hall–Kier alpha value is -1.72. The number of hydrogen-bond acceptors (Lipinski definition) is 3. The molecule has 0 atom stereocenters. The molecule has 2 aromatic rings. The van der Waals surface area contributed by atoms with Crippen molar-refractivity contribution in [2.75, 3.05) is 11.9 Å². The third-order valence-electron chi connectivity index (χ3n) is 2.68. The summed E-state index contributed by atoms with van der Waals surface area (Å²) in [6.07, 6.45) is 2.70. The second-order valence-corrected chi connectivity index (χ2v) is 5.29. The number of aromatic nitrogens is 2. The summed E-state index contributed by atoms with van der Waals surface area (Å²) in [5.41, 5.74) is 0. The molecule has 1 amide bonds. The molecule has 0 aliphatic heterocycles. The molecule has 1 aromatic carbocycles. The van der Waals surface area contributed by atoms with Crippen molar-refractivity contribution in [3.05, 3.63) is 40.5 Å². The number of carbonyl (C=O) groups excluding carboxylic acids is 1. The standard InChI is InChI=1S/C14H15Cl2N3O2/c1-19-7-6-13(18-19)17-14(20)3-2-8-21-12-5-4-10(15)9-11(12)16/h4-7,9H,2-3,8H2,1H3,(H,17,18,20). The minimum absolute atomic E-state index is 0.0977. The third kappa shape index (κ3) is 4.95. The van der Waals surface area contributed by atoms with Crippen LogP contribution in [0.25, 0.3) is 0 Å². The van der Waals surface area contributed by atoms with Gasteiger partial charge in [-0.3, -0.25) is 9.48 Å². The van der Waals surface area contributed by atoms with E-state index in [-0.39, 0.29) is 5.91 Å². The van der Waals surface area contributed by atoms with E-state index < -0.39 is 0 Å². The smallest absolute Gasteiger partial charge is 0.225 e. The van der Waals surface area contributed by atoms with Gasteiger partial charge in [0, 0.05) is 30.8 Å². The zero-order valence-corrected chi connectivity index (χ0v) is 13.0. The van der Waals surface area contributed by atoms with Crippen LogP contribution in [0.15, 0.2) is 30.5 Å². The Kier molecular flexibility index (Phi) is 5.47. The molecule has 1 heterocycles. The highest BCUT2D eigenvalue weighted by atomic mass is 35.5. The van der Waals surface area contributed by atoms with Gasteiger partial charge in [-0.15, -0.1) is 0 Å². The van der Waals surface area contributed by atoms with Crippen LogP contribution in [0, 0.1) is 0 Å². The lowest BCUT2D eigenvalue weighted by Crippen LogP contribution is -2.13. The Balaban J connectivity index is 1.70. The van der Waals surface area contributed by atoms with Crippen molar-refractivity contribution in [3.63, 3.8) is 0 Å². The monoisotopic (exact) mass is 327 g/mol. The molecule has 0 radical (unpaired) electrons. The molecule has 0 aliphatic rings. The Morgan fingerprint density at radius 2 is 2.19 bits per heavy atom. The molecule has 0 spiro atoms. The molecule has 21 heavy (non-hydrogen) atoms. The van der Waals surface area contributed by atoms with Crippen LogP contribution in [0.2, 0.25) is 10.0 Å². The largest absolute Gasteiger partial charge is 0.492 e. The molecule has 0 bridgehead atoms. The van der Waals surface area contributed by atoms with Gasteiger partial charge >= 0.3 is 0 Å². The highest BCUT2D eigenvalue weighted by molar-refractivity contribution is 6.35. The van der Waals surface area contributed by atoms with E-state index in [1.54, 1.807) is 42.2 Å². The van der Waals surface area contributed by atoms with Crippen molar-refractivity contribution in [1.82, 2.24) is 9.78 Å². The fraction of sp³-hybridized carbons (Fsp3) is 0.286. The van der Waals surface area contributed by atoms with Crippen LogP contribution in [0.5, 0.6) is 5.75 Å². The van der Waals surface area contributed by atoms with Crippen molar-refractivity contribution >= 4 is 34.9 Å². The second-order valence-electron chi connectivity index (χ2n) is 4.45. The van der Waals surface area contributed by atoms with Crippen LogP contribution in [0.3, 0.4) is 0 Å². The number of rotatable bonds is 6. The van der Waals surface area contributed by atoms with Crippen LogP contribution in [-0.2, 0) is 11.8 Å². The van der Waals surface area contributed by atoms with Crippen LogP contribution < -0.4 is 10.1 Å². The van der Waals surface area contributed by atoms with Crippen LogP contribution in [0.1, 0.15) is 12.8 Å². The lowest BCUT2D eigenvalue weighted by Gasteiger charge is -2.08. The minimum Gasteiger partial charge on any atom is -0.492 e. The van der Waals surface area contributed by atoms with E-state index in [1.165, 1.54) is 0 Å². The number of hydrogen-bond donors (Lipinski definition) is 1. The van der Waals surface area contributed by atoms with Gasteiger partial charge in [-0.05, 0) is 24.6 Å². The number of halogens is 2. The Labute approximate surface area is 132 Å². The average Bonchev–Trinajstić information content (AvgIpc) is 2.82. The van der Waals surface area contributed by atoms with Gasteiger partial charge in [0.2, 0.25) is 5.91 Å². The number of nitrogens with one attached hydrogen (secondary N) is 1. The summed E-state index contributed by atoms with van der Waals surface area (Å²) in [5, 5.41) is 7.80. The summed E-state index contributed by atoms with van der Waals surface area (Å²) >= 11 is 11.8. The summed E-state index contributed by atoms with van der Waals surface area (Å²) in [6, 6.07) is 6.77. The predicted molar refractivity (Wildman–Crippen MR) is 83.0 cm³/mol. The normalized spacial score (nSPS) is 10.4. The van der Waals surface area contributed by atoms with Crippen molar-refractivity contribution in [3.8, 4) is 5.75 Å². The number of aryl methyl sites for hydroxylation is 1. The molecule has 112 valence electrons. The van der Waals surface area contributed by atoms with E-state index in [1.807, 2.05) is 0 Å². The van der Waals surface area contributed by atoms with E-state index >= 15 is 0 Å². The van der Waals surface area contributed by atoms with Crippen molar-refractivity contribution in [2.45, 2.75) is 12.8 Å². The van der Waals surface area contributed by atoms with E-state index in [2.05, 4.69) is 10.4 Å². The maximum Gasteiger partial charge on any atom is 0.225 e. The molecule has 0 fully saturated rings. The number of anilines is 1. The number of ether oxygens (including phenoxy) is 1. The Morgan fingerprint density at radius 3 is 2.86 bits per heavy atom. The summed E-state index contributed by atoms with van der Waals surface area (Å²) in [6.45, 7) is 0.400. The third-order valence-corrected chi connectivity index (χ3v) is 3.21. The minimum atomic E-state index is -0.0977. The highest BCUT2D eigenvalue weighted by Gasteiger charge is 2.06. The van der Waals surface area contributed by atoms with Gasteiger partial charge in [-0.1, -0.05) is 23.2 Å². The molecule has 1 N–H and O–H groups in total. The number of benzene rings is 1. The molecule has 0 saturated heterocycles. The molecular weight excluding hydrogens is 313 g/mol. The quantitative estimate of drug-likeness (QED) is 0.826. The van der Waals surface area contributed by atoms with Gasteiger partial charge in [0.25, 0.3) is 0 Å². The zero-order chi connectivity index (χ0) is 15.2. The molecule has 0 saturated carbocycles. The van der Waals surface area contributed by atoms with E-state index in [9.17, 15) is 4.79 Å². The maximum atomic E-state index is 11.7. The lowest BCUT2D eigenvalue weighted by atomic mass is 10.3. The molecule has 7 heteroatoms. The van der Waals surface area contributed by atoms with Gasteiger partial charge in [0.1, 0.15) is 5.75 Å². The Morgan fingerprint density at radius 1 is 1.38 bits per heavy atom. The van der Waals surface area contributed by atoms with E-state index in [4.69, 9.17) is 27.9 Å². The first-order chi connectivity index (χ1) is 10.0. The first-order valence-corrected chi connectivity index (χ1v) is 7.17. The number of amides is 1. The molecule has 1 aromatic heterocycles. The highest BCUT2D eigenvalue weighted by Crippen LogP contribution is 2.27. The molecule has 2 rings (SSSR count). The fourth-order valence-electron chi connectivity index (χ4n) is 1.69. The Bertz CT molecular complexity index is 628. The van der Waals surface area contributed by atoms with Crippen LogP contribution >= 0.6 is 23.2 Å². The lowest BCUT2D eigenvalue weighted by molar-refractivity contribution is -0.116. The van der Waals surface area contributed by atoms with Gasteiger partial charge < -0.3 is 10.1 Å². The molecule has 0 unspecified atom stereocenters. The van der Waals surface area contributed by atoms with Crippen LogP contribution in [0.4, 0.5) is 5.82 Å². The van der Waals surface area contributed by atoms with E-state index in [0.717, 1.165) is 0 Å². The van der Waals surface area contributed by atoms with Gasteiger partial charge in [0.05, 0.1) is 11.6 Å².